The number of halogens is 3. The lowest BCUT2D eigenvalue weighted by molar-refractivity contribution is -0.142. The van der Waals surface area contributed by atoms with E-state index in [1.54, 1.807) is 18.1 Å². The number of aromatic nitrogens is 3. The van der Waals surface area contributed by atoms with Crippen molar-refractivity contribution in [3.05, 3.63) is 66.2 Å². The molecule has 0 unspecified atom stereocenters. The first-order valence-electron chi connectivity index (χ1n) is 10.5. The molecule has 3 aromatic heterocycles. The molecule has 0 aliphatic carbocycles. The molecule has 176 valence electrons. The molecule has 0 atom stereocenters. The molecule has 1 aromatic carbocycles. The highest BCUT2D eigenvalue weighted by atomic mass is 19.4. The quantitative estimate of drug-likeness (QED) is 0.448. The summed E-state index contributed by atoms with van der Waals surface area (Å²) in [6.07, 6.45) is -3.35. The summed E-state index contributed by atoms with van der Waals surface area (Å²) >= 11 is 0. The number of rotatable bonds is 4. The highest BCUT2D eigenvalue weighted by molar-refractivity contribution is 5.93. The third-order valence-corrected chi connectivity index (χ3v) is 5.70. The first kappa shape index (κ1) is 21.8. The molecule has 0 radical (unpaired) electrons. The summed E-state index contributed by atoms with van der Waals surface area (Å²) in [6, 6.07) is 12.8. The van der Waals surface area contributed by atoms with E-state index in [0.717, 1.165) is 17.5 Å². The standard InChI is InChI=1S/C23H20F3N5O3/c1-33-19-6-3-2-5-17(19)29-8-10-30(11-9-29)22(32)16-14-21-27-15(18-7-4-12-34-18)13-20(23(24,25)26)31(21)28-16/h2-7,12-14H,8-11H2,1H3. The Balaban J connectivity index is 1.41. The maximum absolute atomic E-state index is 13.7. The van der Waals surface area contributed by atoms with Gasteiger partial charge in [-0.3, -0.25) is 4.79 Å². The van der Waals surface area contributed by atoms with Crippen LogP contribution in [0.1, 0.15) is 16.2 Å². The van der Waals surface area contributed by atoms with Gasteiger partial charge in [-0.2, -0.15) is 18.3 Å². The summed E-state index contributed by atoms with van der Waals surface area (Å²) < 4.78 is 52.5. The average molecular weight is 471 g/mol. The van der Waals surface area contributed by atoms with E-state index in [2.05, 4.69) is 15.0 Å². The number of piperazine rings is 1. The van der Waals surface area contributed by atoms with Crippen molar-refractivity contribution in [2.45, 2.75) is 6.18 Å². The minimum Gasteiger partial charge on any atom is -0.495 e. The fourth-order valence-corrected chi connectivity index (χ4v) is 4.03. The molecule has 4 aromatic rings. The molecule has 1 aliphatic heterocycles. The molecule has 1 fully saturated rings. The minimum absolute atomic E-state index is 0.00847. The van der Waals surface area contributed by atoms with Crippen molar-refractivity contribution in [1.29, 1.82) is 0 Å². The van der Waals surface area contributed by atoms with Gasteiger partial charge in [0.15, 0.2) is 22.8 Å². The van der Waals surface area contributed by atoms with Crippen molar-refractivity contribution in [1.82, 2.24) is 19.5 Å². The predicted octanol–water partition coefficient (Wildman–Crippen LogP) is 3.98. The zero-order chi connectivity index (χ0) is 23.9. The second-order valence-corrected chi connectivity index (χ2v) is 7.75. The number of fused-ring (bicyclic) bond motifs is 1. The number of alkyl halides is 3. The second-order valence-electron chi connectivity index (χ2n) is 7.75. The first-order valence-corrected chi connectivity index (χ1v) is 10.5. The van der Waals surface area contributed by atoms with Gasteiger partial charge in [0.25, 0.3) is 5.91 Å². The van der Waals surface area contributed by atoms with E-state index in [1.165, 1.54) is 18.4 Å². The molecule has 0 saturated carbocycles. The molecule has 1 aliphatic rings. The van der Waals surface area contributed by atoms with E-state index in [0.29, 0.717) is 30.7 Å². The number of anilines is 1. The van der Waals surface area contributed by atoms with Gasteiger partial charge in [-0.15, -0.1) is 0 Å². The van der Waals surface area contributed by atoms with Gasteiger partial charge in [0.1, 0.15) is 11.4 Å². The largest absolute Gasteiger partial charge is 0.495 e. The van der Waals surface area contributed by atoms with Gasteiger partial charge in [-0.05, 0) is 30.3 Å². The smallest absolute Gasteiger partial charge is 0.433 e. The van der Waals surface area contributed by atoms with Crippen molar-refractivity contribution in [2.75, 3.05) is 38.2 Å². The molecule has 0 bridgehead atoms. The van der Waals surface area contributed by atoms with Crippen molar-refractivity contribution in [3.8, 4) is 17.2 Å². The van der Waals surface area contributed by atoms with Gasteiger partial charge < -0.3 is 19.0 Å². The predicted molar refractivity (Wildman–Crippen MR) is 117 cm³/mol. The van der Waals surface area contributed by atoms with Gasteiger partial charge >= 0.3 is 6.18 Å². The Hall–Kier alpha value is -4.02. The van der Waals surface area contributed by atoms with E-state index in [1.807, 2.05) is 24.3 Å². The van der Waals surface area contributed by atoms with Crippen LogP contribution in [0.3, 0.4) is 0 Å². The number of methoxy groups -OCH3 is 1. The fraction of sp³-hybridized carbons (Fsp3) is 0.261. The molecule has 4 heterocycles. The Labute approximate surface area is 192 Å². The number of hydrogen-bond acceptors (Lipinski definition) is 6. The van der Waals surface area contributed by atoms with Gasteiger partial charge in [0.05, 0.1) is 19.1 Å². The van der Waals surface area contributed by atoms with Crippen molar-refractivity contribution >= 4 is 17.2 Å². The first-order chi connectivity index (χ1) is 16.3. The van der Waals surface area contributed by atoms with Crippen LogP contribution in [0, 0.1) is 0 Å². The Morgan fingerprint density at radius 1 is 1.06 bits per heavy atom. The lowest BCUT2D eigenvalue weighted by Crippen LogP contribution is -2.49. The number of hydrogen-bond donors (Lipinski definition) is 0. The van der Waals surface area contributed by atoms with E-state index in [9.17, 15) is 18.0 Å². The van der Waals surface area contributed by atoms with Crippen LogP contribution in [-0.2, 0) is 6.18 Å². The number of ether oxygens (including phenoxy) is 1. The van der Waals surface area contributed by atoms with E-state index < -0.39 is 17.8 Å². The zero-order valence-electron chi connectivity index (χ0n) is 18.1. The summed E-state index contributed by atoms with van der Waals surface area (Å²) in [5, 5.41) is 3.96. The van der Waals surface area contributed by atoms with Crippen LogP contribution in [0.25, 0.3) is 17.1 Å². The minimum atomic E-state index is -4.70. The normalized spacial score (nSPS) is 14.6. The Kier molecular flexibility index (Phi) is 5.39. The molecule has 34 heavy (non-hydrogen) atoms. The Morgan fingerprint density at radius 3 is 2.50 bits per heavy atom. The SMILES string of the molecule is COc1ccccc1N1CCN(C(=O)c2cc3nc(-c4ccco4)cc(C(F)(F)F)n3n2)CC1. The van der Waals surface area contributed by atoms with Crippen molar-refractivity contribution < 1.29 is 27.1 Å². The number of furan rings is 1. The number of benzene rings is 1. The Morgan fingerprint density at radius 2 is 1.82 bits per heavy atom. The second kappa shape index (κ2) is 8.40. The monoisotopic (exact) mass is 471 g/mol. The third-order valence-electron chi connectivity index (χ3n) is 5.70. The number of amides is 1. The van der Waals surface area contributed by atoms with Gasteiger partial charge in [0.2, 0.25) is 0 Å². The van der Waals surface area contributed by atoms with Crippen LogP contribution in [-0.4, -0.2) is 58.7 Å². The van der Waals surface area contributed by atoms with Crippen LogP contribution < -0.4 is 9.64 Å². The average Bonchev–Trinajstić information content (AvgIpc) is 3.52. The summed E-state index contributed by atoms with van der Waals surface area (Å²) in [7, 11) is 1.60. The summed E-state index contributed by atoms with van der Waals surface area (Å²) in [4.78, 5) is 21.0. The highest BCUT2D eigenvalue weighted by Crippen LogP contribution is 2.33. The van der Waals surface area contributed by atoms with E-state index in [4.69, 9.17) is 9.15 Å². The van der Waals surface area contributed by atoms with Crippen molar-refractivity contribution in [3.63, 3.8) is 0 Å². The molecule has 8 nitrogen and oxygen atoms in total. The Bertz CT molecular complexity index is 1330. The van der Waals surface area contributed by atoms with Gasteiger partial charge in [-0.25, -0.2) is 9.50 Å². The van der Waals surface area contributed by atoms with Crippen molar-refractivity contribution in [2.24, 2.45) is 0 Å². The summed E-state index contributed by atoms with van der Waals surface area (Å²) in [5.41, 5.74) is -0.287. The topological polar surface area (TPSA) is 76.1 Å². The summed E-state index contributed by atoms with van der Waals surface area (Å²) in [5.74, 6) is 0.480. The molecule has 1 amide bonds. The fourth-order valence-electron chi connectivity index (χ4n) is 4.03. The van der Waals surface area contributed by atoms with Crippen LogP contribution in [0.15, 0.2) is 59.2 Å². The highest BCUT2D eigenvalue weighted by Gasteiger charge is 2.36. The van der Waals surface area contributed by atoms with E-state index in [-0.39, 0.29) is 22.8 Å². The molecule has 0 N–H and O–H groups in total. The maximum Gasteiger partial charge on any atom is 0.433 e. The van der Waals surface area contributed by atoms with Crippen LogP contribution in [0.5, 0.6) is 5.75 Å². The lowest BCUT2D eigenvalue weighted by Gasteiger charge is -2.36. The lowest BCUT2D eigenvalue weighted by atomic mass is 10.2. The zero-order valence-corrected chi connectivity index (χ0v) is 18.1. The number of carbonyl (C=O) groups excluding carboxylic acids is 1. The van der Waals surface area contributed by atoms with Gasteiger partial charge in [-0.1, -0.05) is 12.1 Å². The van der Waals surface area contributed by atoms with Gasteiger partial charge in [0, 0.05) is 32.2 Å². The summed E-state index contributed by atoms with van der Waals surface area (Å²) in [6.45, 7) is 1.88. The molecule has 1 saturated heterocycles. The van der Waals surface area contributed by atoms with Crippen LogP contribution in [0.4, 0.5) is 18.9 Å². The maximum atomic E-state index is 13.7. The molecule has 0 spiro atoms. The molecular weight excluding hydrogens is 451 g/mol. The van der Waals surface area contributed by atoms with Crippen LogP contribution >= 0.6 is 0 Å². The van der Waals surface area contributed by atoms with E-state index >= 15 is 0 Å². The third kappa shape index (κ3) is 3.93. The molecule has 11 heteroatoms. The van der Waals surface area contributed by atoms with Crippen LogP contribution in [0.2, 0.25) is 0 Å². The molecular formula is C23H20F3N5O3. The number of nitrogens with zero attached hydrogens (tertiary/aromatic N) is 5. The number of para-hydroxylation sites is 2. The molecule has 5 rings (SSSR count). The number of carbonyl (C=O) groups is 1.